The number of hydrogen-bond donors (Lipinski definition) is 1. The number of pyridine rings is 1. The van der Waals surface area contributed by atoms with Crippen molar-refractivity contribution in [3.63, 3.8) is 0 Å². The number of carbonyl (C=O) groups is 1. The summed E-state index contributed by atoms with van der Waals surface area (Å²) in [4.78, 5) is 19.2. The van der Waals surface area contributed by atoms with Gasteiger partial charge in [0.1, 0.15) is 0 Å². The van der Waals surface area contributed by atoms with Crippen LogP contribution in [0.1, 0.15) is 16.7 Å². The molecule has 1 amide bonds. The summed E-state index contributed by atoms with van der Waals surface area (Å²) in [5.41, 5.74) is 4.60. The zero-order valence-electron chi connectivity index (χ0n) is 20.7. The van der Waals surface area contributed by atoms with Gasteiger partial charge >= 0.3 is 6.18 Å². The Bertz CT molecular complexity index is 1440. The van der Waals surface area contributed by atoms with Gasteiger partial charge in [0, 0.05) is 42.3 Å². The summed E-state index contributed by atoms with van der Waals surface area (Å²) in [7, 11) is 0. The van der Waals surface area contributed by atoms with Crippen LogP contribution in [-0.2, 0) is 22.1 Å². The largest absolute Gasteiger partial charge is 0.416 e. The fourth-order valence-electron chi connectivity index (χ4n) is 4.37. The minimum atomic E-state index is -4.46. The first kappa shape index (κ1) is 25.5. The standard InChI is InChI=1S/C28H26F3N5O2/c1-19-5-6-24(34-27(37)12-20-3-2-4-23(11-20)28(29,30)31)14-26(19)36-18-22(16-33-36)21-13-25(17-32-15-21)35-7-9-38-10-8-35/h2-6,11,13-18H,7-10,12H2,1H3,(H,34,37). The molecule has 4 aromatic rings. The van der Waals surface area contributed by atoms with Crippen LogP contribution in [0.5, 0.6) is 0 Å². The number of rotatable bonds is 6. The summed E-state index contributed by atoms with van der Waals surface area (Å²) in [5, 5.41) is 7.30. The smallest absolute Gasteiger partial charge is 0.378 e. The third-order valence-corrected chi connectivity index (χ3v) is 6.37. The second kappa shape index (κ2) is 10.7. The third-order valence-electron chi connectivity index (χ3n) is 6.37. The van der Waals surface area contributed by atoms with Crippen molar-refractivity contribution in [2.45, 2.75) is 19.5 Å². The van der Waals surface area contributed by atoms with Gasteiger partial charge in [0.05, 0.1) is 49.0 Å². The Hall–Kier alpha value is -4.18. The maximum absolute atomic E-state index is 13.0. The minimum absolute atomic E-state index is 0.175. The number of amides is 1. The Labute approximate surface area is 217 Å². The molecule has 1 saturated heterocycles. The van der Waals surface area contributed by atoms with Crippen LogP contribution in [0.3, 0.4) is 0 Å². The molecule has 0 unspecified atom stereocenters. The number of hydrogen-bond acceptors (Lipinski definition) is 5. The molecule has 0 aliphatic carbocycles. The number of ether oxygens (including phenoxy) is 1. The van der Waals surface area contributed by atoms with Gasteiger partial charge in [0.2, 0.25) is 5.91 Å². The van der Waals surface area contributed by atoms with Crippen molar-refractivity contribution in [2.75, 3.05) is 36.5 Å². The van der Waals surface area contributed by atoms with Crippen LogP contribution in [0, 0.1) is 6.92 Å². The van der Waals surface area contributed by atoms with Gasteiger partial charge in [-0.15, -0.1) is 0 Å². The van der Waals surface area contributed by atoms with Gasteiger partial charge < -0.3 is 15.0 Å². The number of alkyl halides is 3. The number of carbonyl (C=O) groups excluding carboxylic acids is 1. The molecule has 0 saturated carbocycles. The molecule has 2 aromatic carbocycles. The van der Waals surface area contributed by atoms with Gasteiger partial charge in [-0.05, 0) is 42.3 Å². The number of benzene rings is 2. The molecule has 2 aromatic heterocycles. The topological polar surface area (TPSA) is 72.3 Å². The SMILES string of the molecule is Cc1ccc(NC(=O)Cc2cccc(C(F)(F)F)c2)cc1-n1cc(-c2cncc(N3CCOCC3)c2)cn1. The molecular formula is C28H26F3N5O2. The van der Waals surface area contributed by atoms with E-state index in [1.54, 1.807) is 29.2 Å². The fraction of sp³-hybridized carbons (Fsp3) is 0.250. The normalized spacial score (nSPS) is 13.9. The second-order valence-electron chi connectivity index (χ2n) is 9.13. The Balaban J connectivity index is 1.31. The molecule has 38 heavy (non-hydrogen) atoms. The molecule has 0 radical (unpaired) electrons. The number of aryl methyl sites for hydroxylation is 1. The molecule has 196 valence electrons. The van der Waals surface area contributed by atoms with Crippen molar-refractivity contribution in [1.82, 2.24) is 14.8 Å². The lowest BCUT2D eigenvalue weighted by atomic mass is 10.1. The molecule has 0 atom stereocenters. The minimum Gasteiger partial charge on any atom is -0.378 e. The van der Waals surface area contributed by atoms with Crippen LogP contribution in [0.2, 0.25) is 0 Å². The number of anilines is 2. The maximum Gasteiger partial charge on any atom is 0.416 e. The van der Waals surface area contributed by atoms with Gasteiger partial charge in [0.15, 0.2) is 0 Å². The van der Waals surface area contributed by atoms with E-state index >= 15 is 0 Å². The van der Waals surface area contributed by atoms with E-state index in [4.69, 9.17) is 4.74 Å². The molecule has 10 heteroatoms. The molecule has 5 rings (SSSR count). The average Bonchev–Trinajstić information content (AvgIpc) is 3.40. The van der Waals surface area contributed by atoms with Crippen LogP contribution in [0.25, 0.3) is 16.8 Å². The molecule has 7 nitrogen and oxygen atoms in total. The fourth-order valence-corrected chi connectivity index (χ4v) is 4.37. The molecule has 1 aliphatic heterocycles. The van der Waals surface area contributed by atoms with Crippen LogP contribution in [0.15, 0.2) is 73.3 Å². The first-order valence-corrected chi connectivity index (χ1v) is 12.2. The predicted molar refractivity (Wildman–Crippen MR) is 138 cm³/mol. The van der Waals surface area contributed by atoms with Crippen molar-refractivity contribution < 1.29 is 22.7 Å². The summed E-state index contributed by atoms with van der Waals surface area (Å²) in [6.45, 7) is 4.94. The Morgan fingerprint density at radius 3 is 2.63 bits per heavy atom. The maximum atomic E-state index is 13.0. The van der Waals surface area contributed by atoms with E-state index in [1.807, 2.05) is 25.4 Å². The van der Waals surface area contributed by atoms with Crippen molar-refractivity contribution in [1.29, 1.82) is 0 Å². The highest BCUT2D eigenvalue weighted by Gasteiger charge is 2.30. The molecule has 1 N–H and O–H groups in total. The molecule has 1 aliphatic rings. The lowest BCUT2D eigenvalue weighted by Gasteiger charge is -2.28. The van der Waals surface area contributed by atoms with Crippen LogP contribution in [-0.4, -0.2) is 47.0 Å². The van der Waals surface area contributed by atoms with Crippen LogP contribution >= 0.6 is 0 Å². The summed E-state index contributed by atoms with van der Waals surface area (Å²) in [5.74, 6) is -0.411. The van der Waals surface area contributed by atoms with E-state index in [2.05, 4.69) is 26.4 Å². The highest BCUT2D eigenvalue weighted by atomic mass is 19.4. The second-order valence-corrected chi connectivity index (χ2v) is 9.13. The van der Waals surface area contributed by atoms with Crippen molar-refractivity contribution in [3.8, 4) is 16.8 Å². The Kier molecular flexibility index (Phi) is 7.15. The van der Waals surface area contributed by atoms with Crippen LogP contribution in [0.4, 0.5) is 24.5 Å². The number of nitrogens with one attached hydrogen (secondary N) is 1. The van der Waals surface area contributed by atoms with Crippen molar-refractivity contribution >= 4 is 17.3 Å². The van der Waals surface area contributed by atoms with E-state index in [0.29, 0.717) is 18.9 Å². The summed E-state index contributed by atoms with van der Waals surface area (Å²) in [6.07, 6.45) is 2.67. The quantitative estimate of drug-likeness (QED) is 0.374. The number of nitrogens with zero attached hydrogens (tertiary/aromatic N) is 4. The Morgan fingerprint density at radius 1 is 1.03 bits per heavy atom. The van der Waals surface area contributed by atoms with Gasteiger partial charge in [-0.25, -0.2) is 4.68 Å². The van der Waals surface area contributed by atoms with E-state index in [1.165, 1.54) is 12.1 Å². The monoisotopic (exact) mass is 521 g/mol. The summed E-state index contributed by atoms with van der Waals surface area (Å²) in [6, 6.07) is 12.3. The predicted octanol–water partition coefficient (Wildman–Crippen LogP) is 5.28. The Morgan fingerprint density at radius 2 is 1.84 bits per heavy atom. The third kappa shape index (κ3) is 5.86. The van der Waals surface area contributed by atoms with E-state index in [-0.39, 0.29) is 12.0 Å². The molecule has 0 spiro atoms. The number of morpholine rings is 1. The van der Waals surface area contributed by atoms with Gasteiger partial charge in [-0.3, -0.25) is 9.78 Å². The van der Waals surface area contributed by atoms with Gasteiger partial charge in [-0.1, -0.05) is 24.3 Å². The van der Waals surface area contributed by atoms with E-state index in [0.717, 1.165) is 53.3 Å². The van der Waals surface area contributed by atoms with Crippen LogP contribution < -0.4 is 10.2 Å². The van der Waals surface area contributed by atoms with Gasteiger partial charge in [-0.2, -0.15) is 18.3 Å². The highest BCUT2D eigenvalue weighted by Crippen LogP contribution is 2.30. The average molecular weight is 522 g/mol. The lowest BCUT2D eigenvalue weighted by molar-refractivity contribution is -0.137. The molecular weight excluding hydrogens is 495 g/mol. The number of aromatic nitrogens is 3. The first-order valence-electron chi connectivity index (χ1n) is 12.2. The summed E-state index contributed by atoms with van der Waals surface area (Å²) >= 11 is 0. The van der Waals surface area contributed by atoms with Crippen molar-refractivity contribution in [3.05, 3.63) is 90.0 Å². The lowest BCUT2D eigenvalue weighted by Crippen LogP contribution is -2.36. The van der Waals surface area contributed by atoms with Crippen molar-refractivity contribution in [2.24, 2.45) is 0 Å². The zero-order chi connectivity index (χ0) is 26.7. The number of halogens is 3. The zero-order valence-corrected chi connectivity index (χ0v) is 20.7. The summed E-state index contributed by atoms with van der Waals surface area (Å²) < 4.78 is 46.1. The van der Waals surface area contributed by atoms with Gasteiger partial charge in [0.25, 0.3) is 0 Å². The van der Waals surface area contributed by atoms with E-state index in [9.17, 15) is 18.0 Å². The van der Waals surface area contributed by atoms with E-state index < -0.39 is 17.6 Å². The molecule has 0 bridgehead atoms. The molecule has 1 fully saturated rings. The first-order chi connectivity index (χ1) is 18.3. The molecule has 3 heterocycles. The highest BCUT2D eigenvalue weighted by molar-refractivity contribution is 5.92.